The van der Waals surface area contributed by atoms with Crippen LogP contribution in [-0.4, -0.2) is 82.1 Å². The molecule has 53 heavy (non-hydrogen) atoms. The molecule has 0 spiro atoms. The maximum absolute atomic E-state index is 14.8. The second-order valence-corrected chi connectivity index (χ2v) is 14.2. The van der Waals surface area contributed by atoms with Crippen LogP contribution >= 0.6 is 0 Å². The Kier molecular flexibility index (Phi) is 11.9. The van der Waals surface area contributed by atoms with Gasteiger partial charge in [-0.2, -0.15) is 0 Å². The van der Waals surface area contributed by atoms with Gasteiger partial charge in [0.05, 0.1) is 17.0 Å². The Balaban J connectivity index is 2.12. The highest BCUT2D eigenvalue weighted by atomic mass is 16.6. The molecule has 13 nitrogen and oxygen atoms in total. The summed E-state index contributed by atoms with van der Waals surface area (Å²) in [6.07, 6.45) is -5.41. The number of Topliss-reactive ketones (excluding diaryl/α,β-unsaturated/α-hetero) is 2. The van der Waals surface area contributed by atoms with E-state index in [9.17, 15) is 38.7 Å². The first-order chi connectivity index (χ1) is 24.7. The minimum absolute atomic E-state index is 0.00694. The first-order valence-corrected chi connectivity index (χ1v) is 17.0. The lowest BCUT2D eigenvalue weighted by Crippen LogP contribution is -2.58. The number of fused-ring (bicyclic) bond motifs is 1. The SMILES string of the molecule is C=C1C(OC(=O)c2ccccc2)C2[C@@H](OC(C)=O)[C@](C)(O)C[C@]2(OC(C)=O)C(=O)[C@@H](C)C=CC(C)(C)C(=O)[C@H](OC(C)=O)[C@H]1OC(=O)c1ccccc1. The van der Waals surface area contributed by atoms with Gasteiger partial charge in [0.25, 0.3) is 0 Å². The van der Waals surface area contributed by atoms with Gasteiger partial charge in [-0.25, -0.2) is 9.59 Å². The highest BCUT2D eigenvalue weighted by Crippen LogP contribution is 2.52. The van der Waals surface area contributed by atoms with Crippen molar-refractivity contribution in [2.24, 2.45) is 17.3 Å². The molecule has 2 aromatic rings. The van der Waals surface area contributed by atoms with Crippen molar-refractivity contribution in [1.82, 2.24) is 0 Å². The zero-order chi connectivity index (χ0) is 39.5. The van der Waals surface area contributed by atoms with E-state index in [0.717, 1.165) is 20.8 Å². The standard InChI is InChI=1S/C40H44O13/c1-22-19-20-38(6,7)34(45)32(49-24(3)41)31(52-37(47)28-17-13-10-14-18-28)23(2)30(51-36(46)27-15-11-9-12-16-27)29-35(50-25(4)42)39(8,48)21-40(29,33(22)44)53-26(5)43/h9-20,22,29-32,35,48H,2,21H2,1,3-8H3/t22-,29?,30?,31-,32+,35+,39+,40+/m0/s1. The Morgan fingerprint density at radius 3 is 1.66 bits per heavy atom. The van der Waals surface area contributed by atoms with E-state index < -0.39 is 106 Å². The van der Waals surface area contributed by atoms with Crippen LogP contribution in [0.4, 0.5) is 0 Å². The van der Waals surface area contributed by atoms with Gasteiger partial charge >= 0.3 is 29.8 Å². The van der Waals surface area contributed by atoms with E-state index >= 15 is 0 Å². The molecular formula is C40H44O13. The third-order valence-corrected chi connectivity index (χ3v) is 9.35. The number of hydrogen-bond acceptors (Lipinski definition) is 13. The first kappa shape index (κ1) is 40.3. The van der Waals surface area contributed by atoms with Gasteiger partial charge in [0.15, 0.2) is 23.3 Å². The summed E-state index contributed by atoms with van der Waals surface area (Å²) in [5.74, 6) is -9.33. The largest absolute Gasteiger partial charge is 0.459 e. The maximum Gasteiger partial charge on any atom is 0.338 e. The molecule has 0 heterocycles. The predicted octanol–water partition coefficient (Wildman–Crippen LogP) is 4.30. The minimum Gasteiger partial charge on any atom is -0.459 e. The highest BCUT2D eigenvalue weighted by Gasteiger charge is 2.70. The second-order valence-electron chi connectivity index (χ2n) is 14.2. The van der Waals surface area contributed by atoms with E-state index in [1.165, 1.54) is 64.1 Å². The Bertz CT molecular complexity index is 1810. The molecule has 1 saturated carbocycles. The molecule has 13 heteroatoms. The Morgan fingerprint density at radius 2 is 1.19 bits per heavy atom. The van der Waals surface area contributed by atoms with Crippen LogP contribution in [0.15, 0.2) is 85.0 Å². The number of rotatable bonds is 7. The van der Waals surface area contributed by atoms with Crippen molar-refractivity contribution < 1.29 is 62.4 Å². The number of aliphatic hydroxyl groups is 1. The van der Waals surface area contributed by atoms with Crippen LogP contribution in [0.3, 0.4) is 0 Å². The lowest BCUT2D eigenvalue weighted by molar-refractivity contribution is -0.183. The summed E-state index contributed by atoms with van der Waals surface area (Å²) in [5.41, 5.74) is -6.40. The number of ketones is 2. The molecule has 2 unspecified atom stereocenters. The van der Waals surface area contributed by atoms with Gasteiger partial charge in [-0.15, -0.1) is 0 Å². The number of carbonyl (C=O) groups excluding carboxylic acids is 7. The van der Waals surface area contributed by atoms with E-state index in [4.69, 9.17) is 23.7 Å². The third kappa shape index (κ3) is 8.62. The van der Waals surface area contributed by atoms with Gasteiger partial charge in [0.1, 0.15) is 17.8 Å². The molecule has 0 radical (unpaired) electrons. The summed E-state index contributed by atoms with van der Waals surface area (Å²) in [5, 5.41) is 11.9. The summed E-state index contributed by atoms with van der Waals surface area (Å²) in [7, 11) is 0. The fraction of sp³-hybridized carbons (Fsp3) is 0.425. The van der Waals surface area contributed by atoms with Crippen molar-refractivity contribution in [1.29, 1.82) is 0 Å². The number of benzene rings is 2. The van der Waals surface area contributed by atoms with Gasteiger partial charge in [0, 0.05) is 44.1 Å². The molecule has 0 saturated heterocycles. The van der Waals surface area contributed by atoms with Gasteiger partial charge in [0.2, 0.25) is 6.10 Å². The number of carbonyl (C=O) groups is 7. The molecular weight excluding hydrogens is 688 g/mol. The summed E-state index contributed by atoms with van der Waals surface area (Å²) in [6, 6.07) is 15.2. The minimum atomic E-state index is -2.39. The smallest absolute Gasteiger partial charge is 0.338 e. The molecule has 2 aliphatic rings. The Labute approximate surface area is 307 Å². The monoisotopic (exact) mass is 732 g/mol. The molecule has 1 N–H and O–H groups in total. The molecule has 2 aromatic carbocycles. The number of esters is 5. The van der Waals surface area contributed by atoms with Crippen LogP contribution < -0.4 is 0 Å². The summed E-state index contributed by atoms with van der Waals surface area (Å²) in [4.78, 5) is 95.2. The summed E-state index contributed by atoms with van der Waals surface area (Å²) in [6.45, 7) is 12.9. The average Bonchev–Trinajstić information content (AvgIpc) is 3.31. The van der Waals surface area contributed by atoms with Crippen molar-refractivity contribution in [3.63, 3.8) is 0 Å². The van der Waals surface area contributed by atoms with Crippen molar-refractivity contribution in [2.45, 2.75) is 90.5 Å². The third-order valence-electron chi connectivity index (χ3n) is 9.35. The van der Waals surface area contributed by atoms with Crippen LogP contribution in [-0.2, 0) is 47.7 Å². The number of hydrogen-bond donors (Lipinski definition) is 1. The van der Waals surface area contributed by atoms with Gasteiger partial charge in [-0.05, 0) is 45.0 Å². The molecule has 2 aliphatic carbocycles. The Morgan fingerprint density at radius 1 is 0.698 bits per heavy atom. The van der Waals surface area contributed by atoms with Crippen LogP contribution in [0.25, 0.3) is 0 Å². The van der Waals surface area contributed by atoms with E-state index in [-0.39, 0.29) is 11.1 Å². The molecule has 0 amide bonds. The van der Waals surface area contributed by atoms with Gasteiger partial charge < -0.3 is 28.8 Å². The van der Waals surface area contributed by atoms with E-state index in [1.54, 1.807) is 36.4 Å². The van der Waals surface area contributed by atoms with Crippen LogP contribution in [0.5, 0.6) is 0 Å². The molecule has 4 rings (SSSR count). The quantitative estimate of drug-likeness (QED) is 0.242. The van der Waals surface area contributed by atoms with Crippen LogP contribution in [0.2, 0.25) is 0 Å². The van der Waals surface area contributed by atoms with Crippen molar-refractivity contribution in [3.8, 4) is 0 Å². The van der Waals surface area contributed by atoms with E-state index in [2.05, 4.69) is 6.58 Å². The zero-order valence-corrected chi connectivity index (χ0v) is 30.7. The lowest BCUT2D eigenvalue weighted by atomic mass is 9.72. The molecule has 282 valence electrons. The highest BCUT2D eigenvalue weighted by molar-refractivity contribution is 5.96. The molecule has 0 aromatic heterocycles. The van der Waals surface area contributed by atoms with Crippen LogP contribution in [0, 0.1) is 17.3 Å². The van der Waals surface area contributed by atoms with Gasteiger partial charge in [-0.1, -0.05) is 62.1 Å². The number of allylic oxidation sites excluding steroid dienone is 2. The second kappa shape index (κ2) is 15.7. The number of ether oxygens (including phenoxy) is 5. The molecule has 0 aliphatic heterocycles. The molecule has 8 atom stereocenters. The molecule has 1 fully saturated rings. The predicted molar refractivity (Wildman–Crippen MR) is 187 cm³/mol. The van der Waals surface area contributed by atoms with Crippen LogP contribution in [0.1, 0.15) is 75.6 Å². The normalized spacial score (nSPS) is 29.8. The topological polar surface area (TPSA) is 186 Å². The Hall–Kier alpha value is -5.43. The first-order valence-electron chi connectivity index (χ1n) is 17.0. The van der Waals surface area contributed by atoms with E-state index in [0.29, 0.717) is 0 Å². The summed E-state index contributed by atoms with van der Waals surface area (Å²) >= 11 is 0. The van der Waals surface area contributed by atoms with Crippen molar-refractivity contribution in [3.05, 3.63) is 96.1 Å². The van der Waals surface area contributed by atoms with E-state index in [1.807, 2.05) is 0 Å². The molecule has 0 bridgehead atoms. The summed E-state index contributed by atoms with van der Waals surface area (Å²) < 4.78 is 29.2. The fourth-order valence-electron chi connectivity index (χ4n) is 6.95. The van der Waals surface area contributed by atoms with Gasteiger partial charge in [-0.3, -0.25) is 24.0 Å². The van der Waals surface area contributed by atoms with Crippen molar-refractivity contribution in [2.75, 3.05) is 0 Å². The fourth-order valence-corrected chi connectivity index (χ4v) is 6.95. The van der Waals surface area contributed by atoms with Crippen molar-refractivity contribution >= 4 is 41.4 Å². The average molecular weight is 733 g/mol. The zero-order valence-electron chi connectivity index (χ0n) is 30.7. The lowest BCUT2D eigenvalue weighted by Gasteiger charge is -2.42. The maximum atomic E-state index is 14.8.